The van der Waals surface area contributed by atoms with Gasteiger partial charge in [0.1, 0.15) is 0 Å². The molecule has 2 nitrogen and oxygen atoms in total. The Bertz CT molecular complexity index is 518. The molecule has 0 spiro atoms. The number of aldehydes is 1. The van der Waals surface area contributed by atoms with Gasteiger partial charge in [-0.05, 0) is 28.1 Å². The van der Waals surface area contributed by atoms with Crippen LogP contribution in [0.25, 0.3) is 10.9 Å². The predicted octanol–water partition coefficient (Wildman–Crippen LogP) is 3.41. The fourth-order valence-electron chi connectivity index (χ4n) is 1.55. The van der Waals surface area contributed by atoms with E-state index in [0.717, 1.165) is 21.7 Å². The van der Waals surface area contributed by atoms with E-state index in [0.29, 0.717) is 10.7 Å². The van der Waals surface area contributed by atoms with Crippen molar-refractivity contribution in [2.75, 3.05) is 0 Å². The third-order valence-electron chi connectivity index (χ3n) is 2.27. The number of hydrogen-bond acceptors (Lipinski definition) is 1. The number of carbonyl (C=O) groups excluding carboxylic acids is 1. The second-order valence-corrected chi connectivity index (χ2v) is 4.21. The van der Waals surface area contributed by atoms with E-state index in [1.807, 2.05) is 29.8 Å². The number of aryl methyl sites for hydroxylation is 1. The van der Waals surface area contributed by atoms with Gasteiger partial charge in [0.25, 0.3) is 0 Å². The Morgan fingerprint density at radius 1 is 1.50 bits per heavy atom. The van der Waals surface area contributed by atoms with Gasteiger partial charge in [-0.15, -0.1) is 0 Å². The molecule has 2 rings (SSSR count). The lowest BCUT2D eigenvalue weighted by atomic mass is 10.2. The zero-order valence-electron chi connectivity index (χ0n) is 7.42. The fourth-order valence-corrected chi connectivity index (χ4v) is 2.70. The number of carbonyl (C=O) groups is 1. The van der Waals surface area contributed by atoms with Crippen molar-refractivity contribution < 1.29 is 4.79 Å². The summed E-state index contributed by atoms with van der Waals surface area (Å²) in [6, 6.07) is 5.61. The van der Waals surface area contributed by atoms with Crippen molar-refractivity contribution >= 4 is 44.7 Å². The topological polar surface area (TPSA) is 22.0 Å². The van der Waals surface area contributed by atoms with Crippen molar-refractivity contribution in [2.45, 2.75) is 0 Å². The molecule has 0 bridgehead atoms. The molecule has 0 N–H and O–H groups in total. The average molecular weight is 273 g/mol. The first-order valence-corrected chi connectivity index (χ1v) is 5.21. The number of aromatic nitrogens is 1. The van der Waals surface area contributed by atoms with Crippen LogP contribution in [0.3, 0.4) is 0 Å². The lowest BCUT2D eigenvalue weighted by molar-refractivity contribution is 0.111. The predicted molar refractivity (Wildman–Crippen MR) is 61.0 cm³/mol. The lowest BCUT2D eigenvalue weighted by Gasteiger charge is -1.97. The Kier molecular flexibility index (Phi) is 2.37. The summed E-state index contributed by atoms with van der Waals surface area (Å²) in [6.45, 7) is 0. The van der Waals surface area contributed by atoms with Gasteiger partial charge in [0, 0.05) is 12.4 Å². The van der Waals surface area contributed by atoms with Gasteiger partial charge in [-0.2, -0.15) is 0 Å². The van der Waals surface area contributed by atoms with Crippen molar-refractivity contribution in [1.82, 2.24) is 4.57 Å². The molecular formula is C10H7BrClNO. The monoisotopic (exact) mass is 271 g/mol. The summed E-state index contributed by atoms with van der Waals surface area (Å²) in [4.78, 5) is 10.8. The largest absolute Gasteiger partial charge is 0.340 e. The third-order valence-corrected chi connectivity index (χ3v) is 3.39. The van der Waals surface area contributed by atoms with E-state index < -0.39 is 0 Å². The molecule has 0 aliphatic heterocycles. The Hall–Kier alpha value is -0.800. The van der Waals surface area contributed by atoms with Crippen molar-refractivity contribution in [3.8, 4) is 0 Å². The van der Waals surface area contributed by atoms with Crippen molar-refractivity contribution in [3.05, 3.63) is 33.4 Å². The fraction of sp³-hybridized carbons (Fsp3) is 0.100. The van der Waals surface area contributed by atoms with E-state index in [1.165, 1.54) is 0 Å². The number of benzene rings is 1. The van der Waals surface area contributed by atoms with Crippen LogP contribution in [0.2, 0.25) is 5.02 Å². The molecule has 0 radical (unpaired) electrons. The summed E-state index contributed by atoms with van der Waals surface area (Å²) >= 11 is 9.42. The zero-order valence-corrected chi connectivity index (χ0v) is 9.76. The molecule has 0 amide bonds. The number of hydrogen-bond donors (Lipinski definition) is 0. The molecule has 0 aliphatic rings. The molecule has 1 aromatic carbocycles. The molecule has 0 saturated heterocycles. The smallest absolute Gasteiger partial charge is 0.167 e. The molecular weight excluding hydrogens is 265 g/mol. The maximum atomic E-state index is 10.8. The summed E-state index contributed by atoms with van der Waals surface area (Å²) in [7, 11) is 1.84. The summed E-state index contributed by atoms with van der Waals surface area (Å²) < 4.78 is 2.58. The highest BCUT2D eigenvalue weighted by Gasteiger charge is 2.13. The summed E-state index contributed by atoms with van der Waals surface area (Å²) in [5, 5.41) is 1.54. The third kappa shape index (κ3) is 1.20. The number of nitrogens with zero attached hydrogens (tertiary/aromatic N) is 1. The molecule has 0 unspecified atom stereocenters. The van der Waals surface area contributed by atoms with Crippen LogP contribution in [0.1, 0.15) is 10.5 Å². The van der Waals surface area contributed by atoms with E-state index in [-0.39, 0.29) is 0 Å². The van der Waals surface area contributed by atoms with E-state index >= 15 is 0 Å². The van der Waals surface area contributed by atoms with Gasteiger partial charge in [0.2, 0.25) is 0 Å². The summed E-state index contributed by atoms with van der Waals surface area (Å²) in [5.74, 6) is 0. The first kappa shape index (κ1) is 9.74. The van der Waals surface area contributed by atoms with E-state index in [4.69, 9.17) is 11.6 Å². The molecule has 0 saturated carbocycles. The maximum absolute atomic E-state index is 10.8. The van der Waals surface area contributed by atoms with Crippen LogP contribution in [0.4, 0.5) is 0 Å². The van der Waals surface area contributed by atoms with Gasteiger partial charge >= 0.3 is 0 Å². The number of rotatable bonds is 1. The SMILES string of the molecule is Cn1c(C=O)c(Br)c2c(Cl)cccc21. The first-order chi connectivity index (χ1) is 6.66. The normalized spacial score (nSPS) is 10.8. The minimum atomic E-state index is 0.605. The number of halogens is 2. The quantitative estimate of drug-likeness (QED) is 0.729. The van der Waals surface area contributed by atoms with E-state index in [2.05, 4.69) is 15.9 Å². The molecule has 1 heterocycles. The van der Waals surface area contributed by atoms with Gasteiger partial charge in [-0.25, -0.2) is 0 Å². The Balaban J connectivity index is 3.01. The lowest BCUT2D eigenvalue weighted by Crippen LogP contribution is -1.93. The molecule has 1 aromatic heterocycles. The Morgan fingerprint density at radius 3 is 2.79 bits per heavy atom. The maximum Gasteiger partial charge on any atom is 0.167 e. The van der Waals surface area contributed by atoms with Crippen molar-refractivity contribution in [1.29, 1.82) is 0 Å². The second kappa shape index (κ2) is 3.41. The van der Waals surface area contributed by atoms with Crippen LogP contribution in [0.15, 0.2) is 22.7 Å². The molecule has 14 heavy (non-hydrogen) atoms. The molecule has 4 heteroatoms. The highest BCUT2D eigenvalue weighted by molar-refractivity contribution is 9.10. The zero-order chi connectivity index (χ0) is 10.3. The standard InChI is InChI=1S/C10H7BrClNO/c1-13-7-4-2-3-6(12)9(7)10(11)8(13)5-14/h2-5H,1H3. The highest BCUT2D eigenvalue weighted by atomic mass is 79.9. The van der Waals surface area contributed by atoms with Crippen molar-refractivity contribution in [3.63, 3.8) is 0 Å². The van der Waals surface area contributed by atoms with E-state index in [1.54, 1.807) is 0 Å². The van der Waals surface area contributed by atoms with Crippen LogP contribution in [-0.4, -0.2) is 10.9 Å². The van der Waals surface area contributed by atoms with Crippen molar-refractivity contribution in [2.24, 2.45) is 7.05 Å². The average Bonchev–Trinajstić information content (AvgIpc) is 2.41. The Morgan fingerprint density at radius 2 is 2.21 bits per heavy atom. The van der Waals surface area contributed by atoms with Gasteiger partial charge in [0.05, 0.1) is 20.7 Å². The first-order valence-electron chi connectivity index (χ1n) is 4.04. The molecule has 0 fully saturated rings. The minimum absolute atomic E-state index is 0.605. The Labute approximate surface area is 94.6 Å². The van der Waals surface area contributed by atoms with Gasteiger partial charge in [-0.3, -0.25) is 4.79 Å². The summed E-state index contributed by atoms with van der Waals surface area (Å²) in [6.07, 6.45) is 0.820. The number of fused-ring (bicyclic) bond motifs is 1. The van der Waals surface area contributed by atoms with Crippen LogP contribution >= 0.6 is 27.5 Å². The van der Waals surface area contributed by atoms with Crippen LogP contribution < -0.4 is 0 Å². The van der Waals surface area contributed by atoms with Crippen LogP contribution in [0.5, 0.6) is 0 Å². The van der Waals surface area contributed by atoms with Crippen LogP contribution in [-0.2, 0) is 7.05 Å². The summed E-state index contributed by atoms with van der Waals surface area (Å²) in [5.41, 5.74) is 1.56. The molecule has 0 atom stereocenters. The van der Waals surface area contributed by atoms with Gasteiger partial charge in [-0.1, -0.05) is 17.7 Å². The van der Waals surface area contributed by atoms with Gasteiger partial charge in [0.15, 0.2) is 6.29 Å². The molecule has 72 valence electrons. The minimum Gasteiger partial charge on any atom is -0.340 e. The molecule has 0 aliphatic carbocycles. The van der Waals surface area contributed by atoms with Gasteiger partial charge < -0.3 is 4.57 Å². The molecule has 2 aromatic rings. The van der Waals surface area contributed by atoms with Crippen LogP contribution in [0, 0.1) is 0 Å². The van der Waals surface area contributed by atoms with E-state index in [9.17, 15) is 4.79 Å². The highest BCUT2D eigenvalue weighted by Crippen LogP contribution is 2.34. The second-order valence-electron chi connectivity index (χ2n) is 3.01.